The van der Waals surface area contributed by atoms with Crippen LogP contribution in [0, 0.1) is 6.92 Å². The van der Waals surface area contributed by atoms with Crippen LogP contribution in [0.25, 0.3) is 0 Å². The molecule has 2 amide bonds. The molecule has 1 atom stereocenters. The van der Waals surface area contributed by atoms with E-state index in [9.17, 15) is 9.59 Å². The van der Waals surface area contributed by atoms with Gasteiger partial charge in [-0.15, -0.1) is 11.3 Å². The third-order valence-electron chi connectivity index (χ3n) is 6.88. The zero-order chi connectivity index (χ0) is 23.7. The number of benzene rings is 2. The summed E-state index contributed by atoms with van der Waals surface area (Å²) < 4.78 is 0.894. The molecule has 7 heteroatoms. The summed E-state index contributed by atoms with van der Waals surface area (Å²) in [6.07, 6.45) is 0.984. The molecule has 0 saturated carbocycles. The average Bonchev–Trinajstić information content (AvgIpc) is 3.33. The first-order chi connectivity index (χ1) is 16.5. The summed E-state index contributed by atoms with van der Waals surface area (Å²) in [5.41, 5.74) is 4.54. The Morgan fingerprint density at radius 1 is 0.941 bits per heavy atom. The molecule has 1 saturated heterocycles. The van der Waals surface area contributed by atoms with E-state index in [4.69, 9.17) is 0 Å². The molecule has 3 heterocycles. The van der Waals surface area contributed by atoms with E-state index >= 15 is 0 Å². The number of halogens is 1. The quantitative estimate of drug-likeness (QED) is 0.482. The maximum absolute atomic E-state index is 13.3. The summed E-state index contributed by atoms with van der Waals surface area (Å²) in [7, 11) is 0. The van der Waals surface area contributed by atoms with Crippen LogP contribution in [0.1, 0.15) is 38.0 Å². The van der Waals surface area contributed by atoms with E-state index < -0.39 is 0 Å². The van der Waals surface area contributed by atoms with Gasteiger partial charge in [-0.2, -0.15) is 0 Å². The van der Waals surface area contributed by atoms with Gasteiger partial charge >= 0.3 is 0 Å². The van der Waals surface area contributed by atoms with Crippen molar-refractivity contribution >= 4 is 39.1 Å². The Kier molecular flexibility index (Phi) is 6.86. The molecule has 0 unspecified atom stereocenters. The van der Waals surface area contributed by atoms with Crippen molar-refractivity contribution in [2.45, 2.75) is 19.4 Å². The van der Waals surface area contributed by atoms with E-state index in [0.717, 1.165) is 17.4 Å². The van der Waals surface area contributed by atoms with Gasteiger partial charge in [0.1, 0.15) is 0 Å². The van der Waals surface area contributed by atoms with Gasteiger partial charge in [-0.3, -0.25) is 14.5 Å². The van der Waals surface area contributed by atoms with E-state index in [0.29, 0.717) is 38.3 Å². The third kappa shape index (κ3) is 4.69. The second-order valence-corrected chi connectivity index (χ2v) is 10.9. The predicted molar refractivity (Wildman–Crippen MR) is 139 cm³/mol. The lowest BCUT2D eigenvalue weighted by atomic mass is 9.90. The number of piperazine rings is 1. The van der Waals surface area contributed by atoms with Gasteiger partial charge in [0, 0.05) is 47.6 Å². The zero-order valence-electron chi connectivity index (χ0n) is 19.2. The van der Waals surface area contributed by atoms with Crippen LogP contribution in [-0.4, -0.2) is 65.8 Å². The molecule has 34 heavy (non-hydrogen) atoms. The molecule has 2 aliphatic heterocycles. The molecule has 5 nitrogen and oxygen atoms in total. The second-order valence-electron chi connectivity index (χ2n) is 8.96. The number of hydrogen-bond donors (Lipinski definition) is 0. The van der Waals surface area contributed by atoms with Crippen molar-refractivity contribution in [2.75, 3.05) is 39.3 Å². The van der Waals surface area contributed by atoms with Crippen molar-refractivity contribution in [2.24, 2.45) is 0 Å². The van der Waals surface area contributed by atoms with Crippen molar-refractivity contribution in [3.8, 4) is 0 Å². The Labute approximate surface area is 213 Å². The van der Waals surface area contributed by atoms with E-state index in [1.54, 1.807) is 0 Å². The van der Waals surface area contributed by atoms with Crippen LogP contribution in [0.5, 0.6) is 0 Å². The van der Waals surface area contributed by atoms with Gasteiger partial charge < -0.3 is 9.80 Å². The molecule has 2 aromatic carbocycles. The highest BCUT2D eigenvalue weighted by Crippen LogP contribution is 2.38. The Morgan fingerprint density at radius 3 is 2.47 bits per heavy atom. The summed E-state index contributed by atoms with van der Waals surface area (Å²) in [4.78, 5) is 33.7. The number of hydrogen-bond acceptors (Lipinski definition) is 4. The molecule has 0 radical (unpaired) electrons. The molecular weight excluding hydrogens is 510 g/mol. The third-order valence-corrected chi connectivity index (χ3v) is 8.37. The fraction of sp³-hybridized carbons (Fsp3) is 0.333. The number of nitrogens with zero attached hydrogens (tertiary/aromatic N) is 3. The minimum atomic E-state index is 0.0223. The highest BCUT2D eigenvalue weighted by atomic mass is 79.9. The van der Waals surface area contributed by atoms with Gasteiger partial charge in [0.2, 0.25) is 5.91 Å². The standard InChI is InChI=1S/C27H28BrN3O2S/c1-19-5-2-3-8-22(19)26-23-10-16-34-24(23)9-11-31(26)18-25(32)29-12-14-30(15-13-29)27(33)20-6-4-7-21(28)17-20/h2-8,10,16-17,26H,9,11-15,18H2,1H3/t26-/m1/s1. The smallest absolute Gasteiger partial charge is 0.254 e. The van der Waals surface area contributed by atoms with Crippen LogP contribution in [-0.2, 0) is 11.2 Å². The normalized spacial score (nSPS) is 18.6. The van der Waals surface area contributed by atoms with Gasteiger partial charge in [-0.25, -0.2) is 0 Å². The monoisotopic (exact) mass is 537 g/mol. The van der Waals surface area contributed by atoms with Crippen LogP contribution < -0.4 is 0 Å². The van der Waals surface area contributed by atoms with Crippen molar-refractivity contribution in [1.82, 2.24) is 14.7 Å². The lowest BCUT2D eigenvalue weighted by molar-refractivity contribution is -0.134. The number of amides is 2. The summed E-state index contributed by atoms with van der Waals surface area (Å²) in [6, 6.07) is 18.3. The van der Waals surface area contributed by atoms with Crippen LogP contribution in [0.2, 0.25) is 0 Å². The average molecular weight is 539 g/mol. The Morgan fingerprint density at radius 2 is 1.71 bits per heavy atom. The molecule has 0 bridgehead atoms. The van der Waals surface area contributed by atoms with E-state index in [2.05, 4.69) is 63.5 Å². The van der Waals surface area contributed by atoms with Crippen LogP contribution >= 0.6 is 27.3 Å². The van der Waals surface area contributed by atoms with Crippen LogP contribution in [0.4, 0.5) is 0 Å². The van der Waals surface area contributed by atoms with Crippen molar-refractivity contribution < 1.29 is 9.59 Å². The maximum atomic E-state index is 13.3. The number of thiophene rings is 1. The lowest BCUT2D eigenvalue weighted by Crippen LogP contribution is -2.53. The number of rotatable bonds is 4. The molecular formula is C27H28BrN3O2S. The summed E-state index contributed by atoms with van der Waals surface area (Å²) in [6.45, 7) is 5.70. The first-order valence-electron chi connectivity index (χ1n) is 11.7. The summed E-state index contributed by atoms with van der Waals surface area (Å²) >= 11 is 5.25. The fourth-order valence-electron chi connectivity index (χ4n) is 5.03. The maximum Gasteiger partial charge on any atom is 0.254 e. The Hall–Kier alpha value is -2.48. The van der Waals surface area contributed by atoms with E-state index in [1.165, 1.54) is 21.6 Å². The van der Waals surface area contributed by atoms with E-state index in [-0.39, 0.29) is 17.9 Å². The molecule has 5 rings (SSSR count). The summed E-state index contributed by atoms with van der Waals surface area (Å²) in [5, 5.41) is 2.17. The number of carbonyl (C=O) groups excluding carboxylic acids is 2. The topological polar surface area (TPSA) is 43.9 Å². The molecule has 1 fully saturated rings. The first-order valence-corrected chi connectivity index (χ1v) is 13.4. The van der Waals surface area contributed by atoms with Crippen LogP contribution in [0.15, 0.2) is 64.5 Å². The minimum absolute atomic E-state index is 0.0223. The van der Waals surface area contributed by atoms with Crippen molar-refractivity contribution in [3.63, 3.8) is 0 Å². The highest BCUT2D eigenvalue weighted by Gasteiger charge is 2.33. The molecule has 0 N–H and O–H groups in total. The molecule has 1 aromatic heterocycles. The Balaban J connectivity index is 1.26. The van der Waals surface area contributed by atoms with Gasteiger partial charge in [0.15, 0.2) is 0 Å². The largest absolute Gasteiger partial charge is 0.338 e. The van der Waals surface area contributed by atoms with Gasteiger partial charge in [-0.05, 0) is 59.7 Å². The fourth-order valence-corrected chi connectivity index (χ4v) is 6.34. The number of carbonyl (C=O) groups is 2. The zero-order valence-corrected chi connectivity index (χ0v) is 21.6. The number of fused-ring (bicyclic) bond motifs is 1. The van der Waals surface area contributed by atoms with E-state index in [1.807, 2.05) is 45.4 Å². The van der Waals surface area contributed by atoms with Gasteiger partial charge in [0.05, 0.1) is 12.6 Å². The second kappa shape index (κ2) is 10.0. The minimum Gasteiger partial charge on any atom is -0.338 e. The molecule has 2 aliphatic rings. The number of aryl methyl sites for hydroxylation is 1. The lowest BCUT2D eigenvalue weighted by Gasteiger charge is -2.39. The Bertz CT molecular complexity index is 1200. The van der Waals surface area contributed by atoms with Gasteiger partial charge in [-0.1, -0.05) is 46.3 Å². The molecule has 0 spiro atoms. The first kappa shape index (κ1) is 23.3. The SMILES string of the molecule is Cc1ccccc1[C@@H]1c2ccsc2CCN1CC(=O)N1CCN(C(=O)c2cccc(Br)c2)CC1. The molecule has 3 aromatic rings. The van der Waals surface area contributed by atoms with Crippen molar-refractivity contribution in [1.29, 1.82) is 0 Å². The molecule has 0 aliphatic carbocycles. The van der Waals surface area contributed by atoms with Crippen molar-refractivity contribution in [3.05, 3.63) is 91.6 Å². The summed E-state index contributed by atoms with van der Waals surface area (Å²) in [5.74, 6) is 0.167. The van der Waals surface area contributed by atoms with Crippen LogP contribution in [0.3, 0.4) is 0 Å². The predicted octanol–water partition coefficient (Wildman–Crippen LogP) is 4.75. The highest BCUT2D eigenvalue weighted by molar-refractivity contribution is 9.10. The van der Waals surface area contributed by atoms with Gasteiger partial charge in [0.25, 0.3) is 5.91 Å². The molecule has 176 valence electrons.